The van der Waals surface area contributed by atoms with Crippen molar-refractivity contribution in [2.24, 2.45) is 0 Å². The second kappa shape index (κ2) is 4.77. The van der Waals surface area contributed by atoms with Crippen LogP contribution < -0.4 is 0 Å². The zero-order valence-corrected chi connectivity index (χ0v) is 8.44. The molecule has 0 bridgehead atoms. The molecule has 0 radical (unpaired) electrons. The first-order chi connectivity index (χ1) is 6.61. The van der Waals surface area contributed by atoms with Crippen LogP contribution in [0.25, 0.3) is 0 Å². The van der Waals surface area contributed by atoms with Crippen LogP contribution in [-0.4, -0.2) is 4.92 Å². The summed E-state index contributed by atoms with van der Waals surface area (Å²) in [6.07, 6.45) is 1.43. The van der Waals surface area contributed by atoms with Gasteiger partial charge in [0.15, 0.2) is 0 Å². The van der Waals surface area contributed by atoms with E-state index in [4.69, 9.17) is 11.6 Å². The van der Waals surface area contributed by atoms with Gasteiger partial charge in [-0.3, -0.25) is 10.1 Å². The molecule has 1 aromatic rings. The van der Waals surface area contributed by atoms with Crippen molar-refractivity contribution in [1.82, 2.24) is 0 Å². The molecule has 0 N–H and O–H groups in total. The Morgan fingerprint density at radius 2 is 2.07 bits per heavy atom. The van der Waals surface area contributed by atoms with Gasteiger partial charge in [0, 0.05) is 12.0 Å². The molecule has 0 saturated heterocycles. The van der Waals surface area contributed by atoms with Crippen LogP contribution in [-0.2, 0) is 0 Å². The van der Waals surface area contributed by atoms with Crippen molar-refractivity contribution < 1.29 is 4.92 Å². The molecule has 0 amide bonds. The lowest BCUT2D eigenvalue weighted by Gasteiger charge is -2.04. The largest absolute Gasteiger partial charge is 0.333 e. The minimum absolute atomic E-state index is 0.0471. The van der Waals surface area contributed by atoms with Gasteiger partial charge < -0.3 is 0 Å². The first-order valence-corrected chi connectivity index (χ1v) is 4.55. The fraction of sp³-hybridized carbons (Fsp3) is 0.200. The fourth-order valence-electron chi connectivity index (χ4n) is 1.12. The average molecular weight is 212 g/mol. The minimum Gasteiger partial charge on any atom is -0.257 e. The van der Waals surface area contributed by atoms with Crippen molar-refractivity contribution in [2.45, 2.75) is 12.8 Å². The quantitative estimate of drug-likeness (QED) is 0.438. The van der Waals surface area contributed by atoms with E-state index in [9.17, 15) is 10.1 Å². The van der Waals surface area contributed by atoms with Crippen molar-refractivity contribution in [3.8, 4) is 0 Å². The van der Waals surface area contributed by atoms with Gasteiger partial charge in [0.25, 0.3) is 0 Å². The first-order valence-electron chi connectivity index (χ1n) is 4.18. The smallest absolute Gasteiger partial charge is 0.257 e. The van der Waals surface area contributed by atoms with Gasteiger partial charge >= 0.3 is 5.16 Å². The van der Waals surface area contributed by atoms with Crippen LogP contribution in [0.15, 0.2) is 41.6 Å². The summed E-state index contributed by atoms with van der Waals surface area (Å²) in [4.78, 5) is 9.68. The zero-order valence-electron chi connectivity index (χ0n) is 7.68. The Bertz CT molecular complexity index is 348. The van der Waals surface area contributed by atoms with E-state index >= 15 is 0 Å². The van der Waals surface area contributed by atoms with Gasteiger partial charge in [0.1, 0.15) is 0 Å². The molecule has 1 rings (SSSR count). The van der Waals surface area contributed by atoms with Gasteiger partial charge in [0.05, 0.1) is 4.92 Å². The van der Waals surface area contributed by atoms with Crippen molar-refractivity contribution in [3.63, 3.8) is 0 Å². The molecule has 0 fully saturated rings. The standard InChI is InChI=1S/C10H10ClNO2/c1-8(7-10(11)12(13)14)9-5-3-2-4-6-9/h2-8H,1H3/b10-7+. The molecular weight excluding hydrogens is 202 g/mol. The average Bonchev–Trinajstić information content (AvgIpc) is 2.19. The molecular formula is C10H10ClNO2. The second-order valence-electron chi connectivity index (χ2n) is 2.95. The van der Waals surface area contributed by atoms with E-state index in [0.29, 0.717) is 0 Å². The van der Waals surface area contributed by atoms with Crippen LogP contribution in [0.2, 0.25) is 0 Å². The summed E-state index contributed by atoms with van der Waals surface area (Å²) in [6, 6.07) is 9.49. The minimum atomic E-state index is -0.596. The number of hydrogen-bond acceptors (Lipinski definition) is 2. The number of halogens is 1. The Hall–Kier alpha value is -1.35. The highest BCUT2D eigenvalue weighted by Crippen LogP contribution is 2.19. The summed E-state index contributed by atoms with van der Waals surface area (Å²) in [6.45, 7) is 1.86. The van der Waals surface area contributed by atoms with Gasteiger partial charge in [-0.15, -0.1) is 0 Å². The number of rotatable bonds is 3. The Kier molecular flexibility index (Phi) is 3.65. The number of nitrogens with zero attached hydrogens (tertiary/aromatic N) is 1. The van der Waals surface area contributed by atoms with Crippen molar-refractivity contribution in [3.05, 3.63) is 57.2 Å². The predicted octanol–water partition coefficient (Wildman–Crippen LogP) is 3.15. The molecule has 0 aromatic heterocycles. The van der Waals surface area contributed by atoms with Crippen LogP contribution in [0.3, 0.4) is 0 Å². The van der Waals surface area contributed by atoms with Gasteiger partial charge in [-0.05, 0) is 17.2 Å². The number of hydrogen-bond donors (Lipinski definition) is 0. The normalized spacial score (nSPS) is 13.7. The van der Waals surface area contributed by atoms with Crippen molar-refractivity contribution in [1.29, 1.82) is 0 Å². The van der Waals surface area contributed by atoms with E-state index in [-0.39, 0.29) is 11.1 Å². The van der Waals surface area contributed by atoms with Crippen LogP contribution in [0, 0.1) is 10.1 Å². The number of nitro groups is 1. The third kappa shape index (κ3) is 2.85. The summed E-state index contributed by atoms with van der Waals surface area (Å²) in [7, 11) is 0. The zero-order chi connectivity index (χ0) is 10.6. The first kappa shape index (κ1) is 10.7. The highest BCUT2D eigenvalue weighted by atomic mass is 35.5. The Balaban J connectivity index is 2.82. The van der Waals surface area contributed by atoms with E-state index in [2.05, 4.69) is 0 Å². The molecule has 1 atom stereocenters. The monoisotopic (exact) mass is 211 g/mol. The van der Waals surface area contributed by atoms with Gasteiger partial charge in [-0.25, -0.2) is 0 Å². The number of allylic oxidation sites excluding steroid dienone is 1. The molecule has 3 nitrogen and oxygen atoms in total. The lowest BCUT2D eigenvalue weighted by molar-refractivity contribution is -0.412. The molecule has 1 aromatic carbocycles. The molecule has 0 saturated carbocycles. The molecule has 0 aliphatic carbocycles. The molecule has 0 heterocycles. The lowest BCUT2D eigenvalue weighted by Crippen LogP contribution is -1.95. The summed E-state index contributed by atoms with van der Waals surface area (Å²) in [5.41, 5.74) is 1.01. The third-order valence-corrected chi connectivity index (χ3v) is 2.15. The van der Waals surface area contributed by atoms with Crippen molar-refractivity contribution in [2.75, 3.05) is 0 Å². The molecule has 0 aliphatic heterocycles. The van der Waals surface area contributed by atoms with Crippen LogP contribution in [0.1, 0.15) is 18.4 Å². The van der Waals surface area contributed by atoms with E-state index in [1.54, 1.807) is 0 Å². The van der Waals surface area contributed by atoms with Crippen molar-refractivity contribution >= 4 is 11.6 Å². The van der Waals surface area contributed by atoms with E-state index < -0.39 is 4.92 Å². The Labute approximate surface area is 87.2 Å². The molecule has 74 valence electrons. The van der Waals surface area contributed by atoms with Crippen LogP contribution in [0.4, 0.5) is 0 Å². The third-order valence-electron chi connectivity index (χ3n) is 1.89. The van der Waals surface area contributed by atoms with E-state index in [1.165, 1.54) is 6.08 Å². The maximum Gasteiger partial charge on any atom is 0.333 e. The molecule has 1 unspecified atom stereocenters. The Morgan fingerprint density at radius 3 is 2.57 bits per heavy atom. The Morgan fingerprint density at radius 1 is 1.50 bits per heavy atom. The summed E-state index contributed by atoms with van der Waals surface area (Å²) in [5, 5.41) is 9.94. The van der Waals surface area contributed by atoms with Gasteiger partial charge in [-0.2, -0.15) is 0 Å². The molecule has 14 heavy (non-hydrogen) atoms. The van der Waals surface area contributed by atoms with Crippen LogP contribution in [0.5, 0.6) is 0 Å². The van der Waals surface area contributed by atoms with E-state index in [1.807, 2.05) is 37.3 Å². The summed E-state index contributed by atoms with van der Waals surface area (Å²) in [5.74, 6) is -0.0471. The SMILES string of the molecule is CC(/C=C(\Cl)[N+](=O)[O-])c1ccccc1. The second-order valence-corrected chi connectivity index (χ2v) is 3.33. The fourth-order valence-corrected chi connectivity index (χ4v) is 1.31. The topological polar surface area (TPSA) is 43.1 Å². The molecule has 4 heteroatoms. The maximum atomic E-state index is 10.3. The van der Waals surface area contributed by atoms with Crippen LogP contribution >= 0.6 is 11.6 Å². The predicted molar refractivity (Wildman–Crippen MR) is 55.8 cm³/mol. The molecule has 0 spiro atoms. The maximum absolute atomic E-state index is 10.3. The summed E-state index contributed by atoms with van der Waals surface area (Å²) >= 11 is 5.42. The summed E-state index contributed by atoms with van der Waals surface area (Å²) < 4.78 is 0. The highest BCUT2D eigenvalue weighted by molar-refractivity contribution is 6.28. The van der Waals surface area contributed by atoms with E-state index in [0.717, 1.165) is 5.56 Å². The van der Waals surface area contributed by atoms with Gasteiger partial charge in [0.2, 0.25) is 0 Å². The van der Waals surface area contributed by atoms with Gasteiger partial charge in [-0.1, -0.05) is 37.3 Å². The highest BCUT2D eigenvalue weighted by Gasteiger charge is 2.09. The molecule has 0 aliphatic rings. The lowest BCUT2D eigenvalue weighted by atomic mass is 10.0. The number of benzene rings is 1.